The largest absolute Gasteiger partial charge is 0.423 e. The minimum atomic E-state index is -3.31. The summed E-state index contributed by atoms with van der Waals surface area (Å²) in [6.07, 6.45) is 64.9. The van der Waals surface area contributed by atoms with Gasteiger partial charge in [-0.3, -0.25) is 9.59 Å². The Bertz CT molecular complexity index is 1290. The first-order valence-corrected chi connectivity index (χ1v) is 35.5. The van der Waals surface area contributed by atoms with Crippen molar-refractivity contribution >= 4 is 36.5 Å². The van der Waals surface area contributed by atoms with Crippen LogP contribution >= 0.6 is 8.73 Å². The molecule has 5 N–H and O–H groups in total. The Hall–Kier alpha value is -1.03. The third kappa shape index (κ3) is 60.5. The van der Waals surface area contributed by atoms with Crippen LogP contribution in [-0.2, 0) is 14.0 Å². The molecule has 2 unspecified atom stereocenters. The SMILES string of the molecule is CCCCCCCCCCCCC/C=C/[C@@H](O)[C@H](CO)NC(=O)CCCCCCCCCCCCC.[2H][Si]([B])(OC[C@H](NC(=O)CCCCCCCCCCCCC)[C@H](O)/C=C/CCCCCCCCCCCCC)P[3H]. The summed E-state index contributed by atoms with van der Waals surface area (Å²) >= 11 is 0. The van der Waals surface area contributed by atoms with Gasteiger partial charge in [0.2, 0.25) is 11.8 Å². The highest BCUT2D eigenvalue weighted by atomic mass is 31.3. The molecule has 6 atom stereocenters. The molecule has 0 saturated heterocycles. The molecule has 0 aromatic heterocycles. The van der Waals surface area contributed by atoms with Crippen molar-refractivity contribution in [2.75, 3.05) is 13.2 Å². The van der Waals surface area contributed by atoms with Crippen molar-refractivity contribution in [3.05, 3.63) is 24.3 Å². The van der Waals surface area contributed by atoms with Crippen molar-refractivity contribution in [3.8, 4) is 0 Å². The fraction of sp³-hybridized carbons (Fsp3) is 0.906. The van der Waals surface area contributed by atoms with Crippen LogP contribution in [0.1, 0.15) is 336 Å². The first-order chi connectivity index (χ1) is 37.5. The molecule has 11 heteroatoms. The second-order valence-electron chi connectivity index (χ2n) is 22.3. The van der Waals surface area contributed by atoms with E-state index in [2.05, 4.69) is 38.3 Å². The predicted molar refractivity (Wildman–Crippen MR) is 334 cm³/mol. The quantitative estimate of drug-likeness (QED) is 0.0179. The summed E-state index contributed by atoms with van der Waals surface area (Å²) in [7, 11) is 1.96. The van der Waals surface area contributed by atoms with Gasteiger partial charge in [0.1, 0.15) is 8.51 Å². The number of carbonyl (C=O) groups excluding carboxylic acids is 2. The van der Waals surface area contributed by atoms with Crippen molar-refractivity contribution in [3.63, 3.8) is 0 Å². The van der Waals surface area contributed by atoms with E-state index in [0.29, 0.717) is 12.8 Å². The van der Waals surface area contributed by atoms with Gasteiger partial charge in [0.05, 0.1) is 46.2 Å². The molecule has 75 heavy (non-hydrogen) atoms. The van der Waals surface area contributed by atoms with Gasteiger partial charge in [-0.2, -0.15) is 0 Å². The molecule has 0 saturated carbocycles. The molecule has 0 spiro atoms. The number of aliphatic hydroxyl groups is 3. The third-order valence-electron chi connectivity index (χ3n) is 14.8. The maximum Gasteiger partial charge on any atom is 0.220 e. The van der Waals surface area contributed by atoms with Crippen LogP contribution < -0.4 is 10.6 Å². The predicted octanol–water partition coefficient (Wildman–Crippen LogP) is 17.4. The van der Waals surface area contributed by atoms with Crippen molar-refractivity contribution in [2.45, 2.75) is 360 Å². The number of aliphatic hydroxyl groups excluding tert-OH is 3. The van der Waals surface area contributed by atoms with E-state index in [9.17, 15) is 24.9 Å². The Morgan fingerprint density at radius 1 is 0.480 bits per heavy atom. The fourth-order valence-corrected chi connectivity index (χ4v) is 10.3. The maximum atomic E-state index is 12.6. The zero-order valence-electron chi connectivity index (χ0n) is 52.1. The van der Waals surface area contributed by atoms with E-state index in [0.717, 1.165) is 57.8 Å². The van der Waals surface area contributed by atoms with Gasteiger partial charge in [0.15, 0.2) is 0 Å². The molecule has 0 aliphatic rings. The summed E-state index contributed by atoms with van der Waals surface area (Å²) in [6.45, 7) is 8.75. The first-order valence-electron chi connectivity index (χ1n) is 33.5. The molecule has 0 rings (SSSR count). The van der Waals surface area contributed by atoms with Crippen molar-refractivity contribution in [2.24, 2.45) is 0 Å². The monoisotopic (exact) mass is 1090 g/mol. The Labute approximate surface area is 474 Å². The number of unbranched alkanes of at least 4 members (excludes halogenated alkanes) is 42. The van der Waals surface area contributed by atoms with Gasteiger partial charge in [-0.25, -0.2) is 0 Å². The minimum Gasteiger partial charge on any atom is -0.423 e. The van der Waals surface area contributed by atoms with E-state index in [1.807, 2.05) is 12.2 Å². The molecule has 2 radical (unpaired) electrons. The number of hydrogen-bond donors (Lipinski definition) is 5. The highest BCUT2D eigenvalue weighted by Gasteiger charge is 2.20. The average Bonchev–Trinajstić information content (AvgIpc) is 3.42. The van der Waals surface area contributed by atoms with Crippen molar-refractivity contribution in [1.29, 1.82) is 2.51 Å². The van der Waals surface area contributed by atoms with Gasteiger partial charge in [0, 0.05) is 14.1 Å². The van der Waals surface area contributed by atoms with Gasteiger partial charge >= 0.3 is 0 Å². The molecule has 442 valence electrons. The summed E-state index contributed by atoms with van der Waals surface area (Å²) in [6, 6.07) is -1.26. The molecule has 0 heterocycles. The lowest BCUT2D eigenvalue weighted by Crippen LogP contribution is -2.46. The average molecular weight is 1090 g/mol. The lowest BCUT2D eigenvalue weighted by Gasteiger charge is -2.23. The Kier molecular flexibility index (Phi) is 61.2. The van der Waals surface area contributed by atoms with Gasteiger partial charge < -0.3 is 30.4 Å². The maximum absolute atomic E-state index is 12.6. The highest BCUT2D eigenvalue weighted by molar-refractivity contribution is 7.70. The van der Waals surface area contributed by atoms with E-state index in [1.165, 1.54) is 238 Å². The zero-order chi connectivity index (χ0) is 57.0. The van der Waals surface area contributed by atoms with Crippen LogP contribution in [0.3, 0.4) is 0 Å². The van der Waals surface area contributed by atoms with Gasteiger partial charge in [-0.05, 0) is 38.5 Å². The van der Waals surface area contributed by atoms with Gasteiger partial charge in [-0.15, -0.1) is 8.73 Å². The van der Waals surface area contributed by atoms with Crippen molar-refractivity contribution in [1.82, 2.24) is 10.6 Å². The fourth-order valence-electron chi connectivity index (χ4n) is 9.69. The molecule has 0 aromatic rings. The minimum absolute atomic E-state index is 0.0357. The molecule has 0 fully saturated rings. The number of amides is 2. The lowest BCUT2D eigenvalue weighted by atomic mass is 10.0. The summed E-state index contributed by atoms with van der Waals surface area (Å²) in [4.78, 5) is 24.8. The Balaban J connectivity index is 0. The molecule has 0 bridgehead atoms. The molecule has 2 amide bonds. The van der Waals surface area contributed by atoms with E-state index in [4.69, 9.17) is 14.4 Å². The number of hydrogen-bond acceptors (Lipinski definition) is 6. The van der Waals surface area contributed by atoms with E-state index in [-0.39, 0.29) is 25.0 Å². The second kappa shape index (κ2) is 63.8. The molecule has 0 aromatic carbocycles. The lowest BCUT2D eigenvalue weighted by molar-refractivity contribution is -0.123. The van der Waals surface area contributed by atoms with Crippen LogP contribution in [0.5, 0.6) is 0 Å². The van der Waals surface area contributed by atoms with Crippen LogP contribution in [0.15, 0.2) is 24.3 Å². The molecule has 0 aliphatic carbocycles. The topological polar surface area (TPSA) is 128 Å². The van der Waals surface area contributed by atoms with Crippen LogP contribution in [0, 0.1) is 0 Å². The Morgan fingerprint density at radius 3 is 1.01 bits per heavy atom. The number of carbonyl (C=O) groups is 2. The normalized spacial score (nSPS) is 14.7. The zero-order valence-corrected chi connectivity index (χ0v) is 52.1. The van der Waals surface area contributed by atoms with Crippen LogP contribution in [0.2, 0.25) is 0 Å². The Morgan fingerprint density at radius 2 is 0.733 bits per heavy atom. The smallest absolute Gasteiger partial charge is 0.220 e. The highest BCUT2D eigenvalue weighted by Crippen LogP contribution is 2.17. The molecule has 0 aliphatic heterocycles. The van der Waals surface area contributed by atoms with E-state index in [1.54, 1.807) is 12.2 Å². The van der Waals surface area contributed by atoms with Gasteiger partial charge in [0.25, 0.3) is 0 Å². The molecule has 8 nitrogen and oxygen atoms in total. The summed E-state index contributed by atoms with van der Waals surface area (Å²) in [5.74, 6) is -0.169. The second-order valence-corrected chi connectivity index (χ2v) is 24.8. The van der Waals surface area contributed by atoms with E-state index >= 15 is 0 Å². The third-order valence-corrected chi connectivity index (χ3v) is 15.7. The summed E-state index contributed by atoms with van der Waals surface area (Å²) in [5, 5.41) is 36.4. The molecular formula is C64H128BN2O6PSi. The number of nitrogens with one attached hydrogen (secondary N) is 2. The summed E-state index contributed by atoms with van der Waals surface area (Å²) in [5.41, 5.74) is 0. The number of rotatable bonds is 59. The standard InChI is InChI=1S/C32H65BNO3PSi.C32H63NO3/c1-3-5-7-9-11-13-15-16-18-19-21-23-25-27-31(35)30(29-37-39(33)38)34-32(36)28-26-24-22-20-17-14-12-10-8-6-4-2;1-3-5-7-9-11-13-15-16-18-19-21-23-25-27-31(35)30(29-34)33-32(36)28-26-24-22-20-17-14-12-10-8-6-4-2/h25,27,30-31,35,39H,3-24,26,28-29,38H2,1-2H3,(H,34,36);25,27,30-31,34-35H,3-24,26,28-29H2,1-2H3,(H,33,36)/b2*27-25+/t30-,31+,39?;30-,31+/m00/s1/i38T,39D;/t30-,31+,38?,39?;. The summed E-state index contributed by atoms with van der Waals surface area (Å²) < 4.78 is 20.9. The van der Waals surface area contributed by atoms with Crippen LogP contribution in [0.4, 0.5) is 0 Å². The molecular weight excluding hydrogens is 963 g/mol. The first kappa shape index (κ1) is 72.0. The van der Waals surface area contributed by atoms with Crippen LogP contribution in [0.25, 0.3) is 0 Å². The van der Waals surface area contributed by atoms with Crippen molar-refractivity contribution < 1.29 is 29.3 Å². The van der Waals surface area contributed by atoms with Crippen LogP contribution in [-0.4, -0.2) is 83.1 Å². The van der Waals surface area contributed by atoms with Gasteiger partial charge in [-0.1, -0.05) is 309 Å². The van der Waals surface area contributed by atoms with E-state index < -0.39 is 41.5 Å². The number of allylic oxidation sites excluding steroid dienone is 2.